The second-order valence-electron chi connectivity index (χ2n) is 3.90. The Morgan fingerprint density at radius 3 is 2.47 bits per heavy atom. The van der Waals surface area contributed by atoms with Gasteiger partial charge in [-0.25, -0.2) is 0 Å². The second-order valence-corrected chi connectivity index (χ2v) is 3.90. The Labute approximate surface area is 93.0 Å². The van der Waals surface area contributed by atoms with Crippen LogP contribution in [-0.4, -0.2) is 19.5 Å². The maximum atomic E-state index is 10.0. The third kappa shape index (κ3) is 11.0. The van der Waals surface area contributed by atoms with E-state index in [4.69, 9.17) is 4.74 Å². The number of hydrogen-bond donors (Lipinski definition) is 0. The fourth-order valence-electron chi connectivity index (χ4n) is 1.11. The van der Waals surface area contributed by atoms with E-state index in [1.807, 2.05) is 0 Å². The highest BCUT2D eigenvalue weighted by Gasteiger charge is 1.89. The van der Waals surface area contributed by atoms with E-state index in [1.54, 1.807) is 0 Å². The molecule has 0 aromatic rings. The van der Waals surface area contributed by atoms with Crippen molar-refractivity contribution in [2.45, 2.75) is 40.0 Å². The molecule has 0 spiro atoms. The van der Waals surface area contributed by atoms with Gasteiger partial charge in [-0.05, 0) is 33.6 Å². The number of aldehydes is 1. The normalized spacial score (nSPS) is 11.3. The summed E-state index contributed by atoms with van der Waals surface area (Å²) in [5.41, 5.74) is 2.71. The van der Waals surface area contributed by atoms with Crippen molar-refractivity contribution in [1.82, 2.24) is 0 Å². The van der Waals surface area contributed by atoms with Crippen molar-refractivity contribution >= 4 is 6.29 Å². The number of carbonyl (C=O) groups excluding carboxylic acids is 1. The van der Waals surface area contributed by atoms with Crippen molar-refractivity contribution in [3.05, 3.63) is 23.3 Å². The second kappa shape index (κ2) is 9.66. The molecule has 0 atom stereocenters. The number of carbonyl (C=O) groups is 1. The van der Waals surface area contributed by atoms with Crippen LogP contribution in [0.5, 0.6) is 0 Å². The van der Waals surface area contributed by atoms with Gasteiger partial charge in [-0.3, -0.25) is 0 Å². The molecule has 0 heterocycles. The van der Waals surface area contributed by atoms with Gasteiger partial charge in [-0.15, -0.1) is 0 Å². The standard InChI is InChI=1S/C13H22O2/c1-12(2)6-4-7-13(3)8-11-15-10-5-9-14/h6,8-9H,4-5,7,10-11H2,1-3H3. The van der Waals surface area contributed by atoms with E-state index < -0.39 is 0 Å². The van der Waals surface area contributed by atoms with Crippen LogP contribution >= 0.6 is 0 Å². The molecule has 0 aromatic carbocycles. The zero-order valence-electron chi connectivity index (χ0n) is 10.1. The third-order valence-electron chi connectivity index (χ3n) is 2.02. The molecular formula is C13H22O2. The Kier molecular flexibility index (Phi) is 9.08. The Morgan fingerprint density at radius 1 is 1.13 bits per heavy atom. The average molecular weight is 210 g/mol. The predicted octanol–water partition coefficient (Wildman–Crippen LogP) is 3.28. The van der Waals surface area contributed by atoms with Gasteiger partial charge < -0.3 is 9.53 Å². The Hall–Kier alpha value is -0.890. The largest absolute Gasteiger partial charge is 0.377 e. The van der Waals surface area contributed by atoms with Crippen molar-refractivity contribution in [2.24, 2.45) is 0 Å². The highest BCUT2D eigenvalue weighted by molar-refractivity contribution is 5.49. The quantitative estimate of drug-likeness (QED) is 0.349. The van der Waals surface area contributed by atoms with Crippen LogP contribution in [0, 0.1) is 0 Å². The molecule has 0 aliphatic rings. The van der Waals surface area contributed by atoms with Crippen LogP contribution in [0.15, 0.2) is 23.3 Å². The van der Waals surface area contributed by atoms with Gasteiger partial charge in [0, 0.05) is 6.42 Å². The van der Waals surface area contributed by atoms with Gasteiger partial charge in [0.2, 0.25) is 0 Å². The van der Waals surface area contributed by atoms with Crippen LogP contribution in [0.1, 0.15) is 40.0 Å². The molecule has 15 heavy (non-hydrogen) atoms. The molecule has 0 amide bonds. The molecule has 0 aromatic heterocycles. The lowest BCUT2D eigenvalue weighted by Crippen LogP contribution is -1.95. The summed E-state index contributed by atoms with van der Waals surface area (Å²) < 4.78 is 5.25. The maximum absolute atomic E-state index is 10.0. The molecule has 0 unspecified atom stereocenters. The fraction of sp³-hybridized carbons (Fsp3) is 0.615. The van der Waals surface area contributed by atoms with Crippen molar-refractivity contribution in [3.8, 4) is 0 Å². The highest BCUT2D eigenvalue weighted by atomic mass is 16.5. The van der Waals surface area contributed by atoms with Crippen LogP contribution in [0.3, 0.4) is 0 Å². The summed E-state index contributed by atoms with van der Waals surface area (Å²) in [6, 6.07) is 0. The fourth-order valence-corrected chi connectivity index (χ4v) is 1.11. The monoisotopic (exact) mass is 210 g/mol. The Balaban J connectivity index is 3.52. The Morgan fingerprint density at radius 2 is 1.87 bits per heavy atom. The lowest BCUT2D eigenvalue weighted by atomic mass is 10.1. The molecule has 86 valence electrons. The van der Waals surface area contributed by atoms with Crippen molar-refractivity contribution < 1.29 is 9.53 Å². The Bertz CT molecular complexity index is 223. The molecule has 0 rings (SSSR count). The minimum Gasteiger partial charge on any atom is -0.377 e. The predicted molar refractivity (Wildman–Crippen MR) is 63.9 cm³/mol. The third-order valence-corrected chi connectivity index (χ3v) is 2.02. The van der Waals surface area contributed by atoms with Gasteiger partial charge in [0.25, 0.3) is 0 Å². The lowest BCUT2D eigenvalue weighted by Gasteiger charge is -2.00. The topological polar surface area (TPSA) is 26.3 Å². The van der Waals surface area contributed by atoms with Crippen LogP contribution in [0.2, 0.25) is 0 Å². The van der Waals surface area contributed by atoms with Crippen LogP contribution in [0.25, 0.3) is 0 Å². The number of hydrogen-bond acceptors (Lipinski definition) is 2. The highest BCUT2D eigenvalue weighted by Crippen LogP contribution is 2.06. The van der Waals surface area contributed by atoms with E-state index in [-0.39, 0.29) is 0 Å². The van der Waals surface area contributed by atoms with E-state index in [2.05, 4.69) is 32.9 Å². The summed E-state index contributed by atoms with van der Waals surface area (Å²) in [6.07, 6.45) is 7.88. The van der Waals surface area contributed by atoms with E-state index in [1.165, 1.54) is 11.1 Å². The number of ether oxygens (including phenoxy) is 1. The summed E-state index contributed by atoms with van der Waals surface area (Å²) in [4.78, 5) is 10.0. The molecule has 0 saturated heterocycles. The van der Waals surface area contributed by atoms with Crippen molar-refractivity contribution in [1.29, 1.82) is 0 Å². The van der Waals surface area contributed by atoms with Crippen LogP contribution < -0.4 is 0 Å². The zero-order valence-corrected chi connectivity index (χ0v) is 10.1. The van der Waals surface area contributed by atoms with Gasteiger partial charge in [-0.2, -0.15) is 0 Å². The smallest absolute Gasteiger partial charge is 0.122 e. The van der Waals surface area contributed by atoms with E-state index in [0.29, 0.717) is 19.6 Å². The lowest BCUT2D eigenvalue weighted by molar-refractivity contribution is -0.108. The summed E-state index contributed by atoms with van der Waals surface area (Å²) in [5.74, 6) is 0. The first kappa shape index (κ1) is 14.1. The molecule has 0 fully saturated rings. The molecule has 0 aliphatic heterocycles. The minimum atomic E-state index is 0.491. The van der Waals surface area contributed by atoms with E-state index in [0.717, 1.165) is 19.1 Å². The first-order valence-electron chi connectivity index (χ1n) is 5.47. The summed E-state index contributed by atoms with van der Waals surface area (Å²) >= 11 is 0. The number of rotatable bonds is 8. The van der Waals surface area contributed by atoms with E-state index in [9.17, 15) is 4.79 Å². The molecular weight excluding hydrogens is 188 g/mol. The molecule has 2 heteroatoms. The molecule has 0 N–H and O–H groups in total. The van der Waals surface area contributed by atoms with E-state index >= 15 is 0 Å². The first-order valence-corrected chi connectivity index (χ1v) is 5.47. The van der Waals surface area contributed by atoms with Gasteiger partial charge in [-0.1, -0.05) is 23.3 Å². The summed E-state index contributed by atoms with van der Waals surface area (Å²) in [6.45, 7) is 7.49. The van der Waals surface area contributed by atoms with Crippen molar-refractivity contribution in [2.75, 3.05) is 13.2 Å². The molecule has 2 nitrogen and oxygen atoms in total. The molecule has 0 saturated carbocycles. The number of allylic oxidation sites excluding steroid dienone is 3. The first-order chi connectivity index (χ1) is 7.16. The SMILES string of the molecule is CC(C)=CCCC(C)=CCOCCC=O. The van der Waals surface area contributed by atoms with Crippen molar-refractivity contribution in [3.63, 3.8) is 0 Å². The molecule has 0 radical (unpaired) electrons. The van der Waals surface area contributed by atoms with Gasteiger partial charge in [0.1, 0.15) is 6.29 Å². The zero-order chi connectivity index (χ0) is 11.5. The van der Waals surface area contributed by atoms with Gasteiger partial charge in [0.05, 0.1) is 13.2 Å². The van der Waals surface area contributed by atoms with Crippen LogP contribution in [-0.2, 0) is 9.53 Å². The van der Waals surface area contributed by atoms with Gasteiger partial charge in [0.15, 0.2) is 0 Å². The minimum absolute atomic E-state index is 0.491. The summed E-state index contributed by atoms with van der Waals surface area (Å²) in [7, 11) is 0. The molecule has 0 bridgehead atoms. The van der Waals surface area contributed by atoms with Crippen LogP contribution in [0.4, 0.5) is 0 Å². The summed E-state index contributed by atoms with van der Waals surface area (Å²) in [5, 5.41) is 0. The van der Waals surface area contributed by atoms with Gasteiger partial charge >= 0.3 is 0 Å². The maximum Gasteiger partial charge on any atom is 0.122 e. The molecule has 0 aliphatic carbocycles. The average Bonchev–Trinajstić information content (AvgIpc) is 2.17.